The highest BCUT2D eigenvalue weighted by atomic mass is 32.2. The molecule has 1 aromatic heterocycles. The number of aromatic nitrogens is 1. The minimum Gasteiger partial charge on any atom is -0.480 e. The number of alkyl halides is 3. The highest BCUT2D eigenvalue weighted by Gasteiger charge is 2.37. The molecule has 186 valence electrons. The van der Waals surface area contributed by atoms with Gasteiger partial charge in [-0.05, 0) is 25.1 Å². The van der Waals surface area contributed by atoms with Crippen molar-refractivity contribution in [1.82, 2.24) is 14.2 Å². The molecule has 0 spiro atoms. The number of ether oxygens (including phenoxy) is 1. The topological polar surface area (TPSA) is 83.1 Å². The van der Waals surface area contributed by atoms with Crippen LogP contribution in [0.2, 0.25) is 0 Å². The van der Waals surface area contributed by atoms with E-state index in [4.69, 9.17) is 4.74 Å². The van der Waals surface area contributed by atoms with E-state index in [1.165, 1.54) is 54.7 Å². The number of benzene rings is 1. The van der Waals surface area contributed by atoms with Crippen molar-refractivity contribution in [1.29, 1.82) is 0 Å². The van der Waals surface area contributed by atoms with E-state index in [-0.39, 0.29) is 49.1 Å². The Hall–Kier alpha value is -2.86. The van der Waals surface area contributed by atoms with E-state index in [9.17, 15) is 26.4 Å². The monoisotopic (exact) mass is 500 g/mol. The van der Waals surface area contributed by atoms with Crippen molar-refractivity contribution in [2.75, 3.05) is 51.8 Å². The summed E-state index contributed by atoms with van der Waals surface area (Å²) < 4.78 is 72.4. The predicted molar refractivity (Wildman–Crippen MR) is 121 cm³/mol. The van der Waals surface area contributed by atoms with E-state index in [1.54, 1.807) is 11.8 Å². The Morgan fingerprint density at radius 3 is 2.38 bits per heavy atom. The van der Waals surface area contributed by atoms with E-state index in [0.717, 1.165) is 6.07 Å². The zero-order valence-electron chi connectivity index (χ0n) is 19.4. The number of carbonyl (C=O) groups is 1. The maximum absolute atomic E-state index is 13.5. The van der Waals surface area contributed by atoms with E-state index < -0.39 is 27.7 Å². The van der Waals surface area contributed by atoms with Gasteiger partial charge in [0.15, 0.2) is 0 Å². The first kappa shape index (κ1) is 25.8. The summed E-state index contributed by atoms with van der Waals surface area (Å²) in [7, 11) is -0.867. The van der Waals surface area contributed by atoms with Gasteiger partial charge in [0.05, 0.1) is 24.4 Å². The SMILES string of the molecule is CCN(C)S(=O)(=O)c1cnc(OC)c(N2CCN(C(=O)c3ccc(C)cc3C(F)(F)F)CC2)c1. The molecule has 1 aliphatic heterocycles. The summed E-state index contributed by atoms with van der Waals surface area (Å²) >= 11 is 0. The third-order valence-electron chi connectivity index (χ3n) is 5.77. The van der Waals surface area contributed by atoms with Crippen LogP contribution in [0, 0.1) is 6.92 Å². The van der Waals surface area contributed by atoms with E-state index in [0.29, 0.717) is 11.3 Å². The standard InChI is InChI=1S/C22H27F3N4O4S/c1-5-27(3)34(31,32)16-13-19(20(33-4)26-14-16)28-8-10-29(11-9-28)21(30)17-7-6-15(2)12-18(17)22(23,24)25/h6-7,12-14H,5,8-11H2,1-4H3. The molecule has 1 amide bonds. The molecule has 1 aromatic carbocycles. The molecule has 0 saturated carbocycles. The van der Waals surface area contributed by atoms with Gasteiger partial charge >= 0.3 is 6.18 Å². The molecule has 1 saturated heterocycles. The lowest BCUT2D eigenvalue weighted by atomic mass is 10.0. The van der Waals surface area contributed by atoms with Crippen molar-refractivity contribution in [3.63, 3.8) is 0 Å². The Labute approximate surface area is 197 Å². The molecule has 8 nitrogen and oxygen atoms in total. The summed E-state index contributed by atoms with van der Waals surface area (Å²) in [6.45, 7) is 4.37. The lowest BCUT2D eigenvalue weighted by Gasteiger charge is -2.36. The Balaban J connectivity index is 1.83. The minimum atomic E-state index is -4.64. The fraction of sp³-hybridized carbons (Fsp3) is 0.455. The molecule has 2 aromatic rings. The van der Waals surface area contributed by atoms with Gasteiger partial charge < -0.3 is 14.5 Å². The minimum absolute atomic E-state index is 0.000584. The maximum Gasteiger partial charge on any atom is 0.417 e. The van der Waals surface area contributed by atoms with Gasteiger partial charge in [0.2, 0.25) is 15.9 Å². The Morgan fingerprint density at radius 2 is 1.82 bits per heavy atom. The number of methoxy groups -OCH3 is 1. The van der Waals surface area contributed by atoms with Crippen LogP contribution >= 0.6 is 0 Å². The van der Waals surface area contributed by atoms with E-state index in [2.05, 4.69) is 4.98 Å². The van der Waals surface area contributed by atoms with E-state index >= 15 is 0 Å². The van der Waals surface area contributed by atoms with Crippen LogP contribution in [-0.2, 0) is 16.2 Å². The summed E-state index contributed by atoms with van der Waals surface area (Å²) in [6.07, 6.45) is -3.42. The Morgan fingerprint density at radius 1 is 1.18 bits per heavy atom. The third kappa shape index (κ3) is 5.12. The second kappa shape index (κ2) is 9.79. The van der Waals surface area contributed by atoms with Gasteiger partial charge in [-0.2, -0.15) is 13.2 Å². The zero-order valence-corrected chi connectivity index (χ0v) is 20.2. The summed E-state index contributed by atoms with van der Waals surface area (Å²) in [5.41, 5.74) is -0.492. The zero-order chi connectivity index (χ0) is 25.3. The summed E-state index contributed by atoms with van der Waals surface area (Å²) in [5.74, 6) is -0.478. The number of hydrogen-bond donors (Lipinski definition) is 0. The molecule has 0 unspecified atom stereocenters. The maximum atomic E-state index is 13.5. The van der Waals surface area contributed by atoms with Crippen molar-refractivity contribution in [3.05, 3.63) is 47.2 Å². The highest BCUT2D eigenvalue weighted by Crippen LogP contribution is 2.34. The van der Waals surface area contributed by atoms with Crippen LogP contribution in [0.1, 0.15) is 28.4 Å². The van der Waals surface area contributed by atoms with Gasteiger partial charge in [0.25, 0.3) is 5.91 Å². The largest absolute Gasteiger partial charge is 0.480 e. The fourth-order valence-electron chi connectivity index (χ4n) is 3.70. The lowest BCUT2D eigenvalue weighted by Crippen LogP contribution is -2.49. The average Bonchev–Trinajstić information content (AvgIpc) is 2.82. The predicted octanol–water partition coefficient (Wildman–Crippen LogP) is 3.02. The average molecular weight is 501 g/mol. The third-order valence-corrected chi connectivity index (χ3v) is 7.67. The van der Waals surface area contributed by atoms with Crippen molar-refractivity contribution in [2.45, 2.75) is 24.9 Å². The number of hydrogen-bond acceptors (Lipinski definition) is 6. The lowest BCUT2D eigenvalue weighted by molar-refractivity contribution is -0.138. The van der Waals surface area contributed by atoms with Crippen molar-refractivity contribution in [2.24, 2.45) is 0 Å². The molecular weight excluding hydrogens is 473 g/mol. The van der Waals surface area contributed by atoms with Gasteiger partial charge in [-0.1, -0.05) is 18.6 Å². The fourth-order valence-corrected chi connectivity index (χ4v) is 4.84. The van der Waals surface area contributed by atoms with Gasteiger partial charge in [-0.25, -0.2) is 17.7 Å². The number of aryl methyl sites for hydroxylation is 1. The molecule has 1 fully saturated rings. The molecule has 1 aliphatic rings. The van der Waals surface area contributed by atoms with Gasteiger partial charge in [0.1, 0.15) is 10.6 Å². The first-order chi connectivity index (χ1) is 15.9. The number of anilines is 1. The van der Waals surface area contributed by atoms with E-state index in [1.807, 2.05) is 0 Å². The second-order valence-electron chi connectivity index (χ2n) is 7.94. The molecule has 0 bridgehead atoms. The second-order valence-corrected chi connectivity index (χ2v) is 9.99. The molecule has 0 radical (unpaired) electrons. The molecule has 3 rings (SSSR count). The summed E-state index contributed by atoms with van der Waals surface area (Å²) in [4.78, 5) is 20.2. The van der Waals surface area contributed by atoms with Crippen LogP contribution in [0.25, 0.3) is 0 Å². The van der Waals surface area contributed by atoms with Gasteiger partial charge in [-0.15, -0.1) is 0 Å². The Bertz CT molecular complexity index is 1160. The molecule has 0 atom stereocenters. The van der Waals surface area contributed by atoms with Crippen LogP contribution in [0.4, 0.5) is 18.9 Å². The number of nitrogens with zero attached hydrogens (tertiary/aromatic N) is 4. The number of amides is 1. The van der Waals surface area contributed by atoms with Crippen LogP contribution < -0.4 is 9.64 Å². The van der Waals surface area contributed by atoms with Crippen molar-refractivity contribution < 1.29 is 31.1 Å². The number of halogens is 3. The number of sulfonamides is 1. The van der Waals surface area contributed by atoms with Gasteiger partial charge in [0, 0.05) is 39.8 Å². The molecule has 2 heterocycles. The first-order valence-corrected chi connectivity index (χ1v) is 12.1. The van der Waals surface area contributed by atoms with Crippen molar-refractivity contribution >= 4 is 21.6 Å². The molecule has 0 N–H and O–H groups in total. The van der Waals surface area contributed by atoms with Crippen molar-refractivity contribution in [3.8, 4) is 5.88 Å². The molecular formula is C22H27F3N4O4S. The number of rotatable bonds is 6. The highest BCUT2D eigenvalue weighted by molar-refractivity contribution is 7.89. The molecule has 12 heteroatoms. The van der Waals surface area contributed by atoms with Gasteiger partial charge in [-0.3, -0.25) is 4.79 Å². The smallest absolute Gasteiger partial charge is 0.417 e. The number of carbonyl (C=O) groups excluding carboxylic acids is 1. The molecule has 0 aliphatic carbocycles. The van der Waals surface area contributed by atoms with Crippen LogP contribution in [0.5, 0.6) is 5.88 Å². The van der Waals surface area contributed by atoms with Crippen LogP contribution in [0.3, 0.4) is 0 Å². The summed E-state index contributed by atoms with van der Waals surface area (Å²) in [6, 6.07) is 5.12. The normalized spacial score (nSPS) is 15.1. The Kier molecular flexibility index (Phi) is 7.41. The summed E-state index contributed by atoms with van der Waals surface area (Å²) in [5, 5.41) is 0. The quantitative estimate of drug-likeness (QED) is 0.607. The van der Waals surface area contributed by atoms with Crippen LogP contribution in [0.15, 0.2) is 35.4 Å². The number of piperazine rings is 1. The van der Waals surface area contributed by atoms with Crippen LogP contribution in [-0.4, -0.2) is 75.4 Å². The number of pyridine rings is 1. The first-order valence-electron chi connectivity index (χ1n) is 10.6. The molecule has 34 heavy (non-hydrogen) atoms.